The minimum atomic E-state index is -0.0164. The maximum atomic E-state index is 8.30. The van der Waals surface area contributed by atoms with Crippen LogP contribution in [0.3, 0.4) is 0 Å². The van der Waals surface area contributed by atoms with E-state index >= 15 is 0 Å². The van der Waals surface area contributed by atoms with Crippen LogP contribution in [0, 0.1) is 0 Å². The second kappa shape index (κ2) is 4.30. The number of thiophene rings is 1. The largest absolute Gasteiger partial charge is 0.368 e. The Morgan fingerprint density at radius 1 is 1.83 bits per heavy atom. The van der Waals surface area contributed by atoms with Crippen LogP contribution in [0.25, 0.3) is 0 Å². The molecule has 0 aliphatic heterocycles. The average Bonchev–Trinajstić information content (AvgIpc) is 2.47. The molecular weight excluding hydrogens is 198 g/mol. The molecule has 66 valence electrons. The van der Waals surface area contributed by atoms with Gasteiger partial charge in [0, 0.05) is 5.56 Å². The molecule has 12 heavy (non-hydrogen) atoms. The van der Waals surface area contributed by atoms with E-state index in [1.807, 2.05) is 11.4 Å². The zero-order chi connectivity index (χ0) is 8.97. The minimum absolute atomic E-state index is 0.0164. The molecule has 0 fully saturated rings. The highest BCUT2D eigenvalue weighted by molar-refractivity contribution is 7.14. The van der Waals surface area contributed by atoms with Crippen LogP contribution in [0.4, 0.5) is 0 Å². The Labute approximate surface area is 78.6 Å². The van der Waals surface area contributed by atoms with Crippen molar-refractivity contribution >= 4 is 28.9 Å². The lowest BCUT2D eigenvalue weighted by atomic mass is 10.3. The van der Waals surface area contributed by atoms with Gasteiger partial charge in [-0.15, -0.1) is 11.3 Å². The third-order valence-electron chi connectivity index (χ3n) is 1.23. The van der Waals surface area contributed by atoms with Crippen LogP contribution < -0.4 is 11.2 Å². The summed E-state index contributed by atoms with van der Waals surface area (Å²) in [6.07, 6.45) is 0. The first-order valence-corrected chi connectivity index (χ1v) is 4.41. The van der Waals surface area contributed by atoms with Crippen LogP contribution in [0.5, 0.6) is 0 Å². The van der Waals surface area contributed by atoms with Crippen molar-refractivity contribution in [3.8, 4) is 0 Å². The van der Waals surface area contributed by atoms with E-state index in [-0.39, 0.29) is 5.96 Å². The topological polar surface area (TPSA) is 70.6 Å². The highest BCUT2D eigenvalue weighted by atomic mass is 35.5. The molecule has 0 amide bonds. The molecule has 0 aromatic carbocycles. The van der Waals surface area contributed by atoms with Crippen molar-refractivity contribution < 1.29 is 5.21 Å². The Morgan fingerprint density at radius 2 is 2.58 bits per heavy atom. The Kier molecular flexibility index (Phi) is 3.33. The van der Waals surface area contributed by atoms with E-state index in [0.717, 1.165) is 5.56 Å². The summed E-state index contributed by atoms with van der Waals surface area (Å²) in [5.74, 6) is -0.0164. The fourth-order valence-corrected chi connectivity index (χ4v) is 1.55. The molecule has 0 atom stereocenters. The summed E-state index contributed by atoms with van der Waals surface area (Å²) >= 11 is 7.23. The first-order valence-electron chi connectivity index (χ1n) is 3.16. The number of hydrogen-bond donors (Lipinski definition) is 3. The van der Waals surface area contributed by atoms with Gasteiger partial charge in [-0.1, -0.05) is 11.6 Å². The molecule has 1 heterocycles. The van der Waals surface area contributed by atoms with Crippen LogP contribution in [-0.4, -0.2) is 11.2 Å². The second-order valence-corrected chi connectivity index (χ2v) is 3.55. The molecule has 1 aromatic rings. The number of guanidine groups is 1. The van der Waals surface area contributed by atoms with E-state index in [2.05, 4.69) is 4.99 Å². The number of halogens is 1. The number of hydroxylamine groups is 1. The minimum Gasteiger partial charge on any atom is -0.368 e. The van der Waals surface area contributed by atoms with Gasteiger partial charge in [0.25, 0.3) is 0 Å². The molecule has 1 rings (SSSR count). The molecule has 1 aromatic heterocycles. The maximum absolute atomic E-state index is 8.30. The van der Waals surface area contributed by atoms with Gasteiger partial charge in [-0.25, -0.2) is 10.5 Å². The highest BCUT2D eigenvalue weighted by Crippen LogP contribution is 2.22. The van der Waals surface area contributed by atoms with Gasteiger partial charge < -0.3 is 5.73 Å². The van der Waals surface area contributed by atoms with Gasteiger partial charge in [-0.2, -0.15) is 0 Å². The fraction of sp³-hybridized carbons (Fsp3) is 0.167. The smallest absolute Gasteiger partial charge is 0.213 e. The number of nitrogens with two attached hydrogens (primary N) is 1. The molecule has 0 unspecified atom stereocenters. The molecule has 4 nitrogen and oxygen atoms in total. The van der Waals surface area contributed by atoms with E-state index in [0.29, 0.717) is 10.9 Å². The van der Waals surface area contributed by atoms with Crippen LogP contribution in [0.2, 0.25) is 4.34 Å². The van der Waals surface area contributed by atoms with Crippen LogP contribution in [-0.2, 0) is 6.54 Å². The summed E-state index contributed by atoms with van der Waals surface area (Å²) in [5, 5.41) is 10.2. The number of hydrogen-bond acceptors (Lipinski definition) is 3. The van der Waals surface area contributed by atoms with Crippen molar-refractivity contribution in [2.45, 2.75) is 6.54 Å². The van der Waals surface area contributed by atoms with E-state index in [9.17, 15) is 0 Å². The number of nitrogens with one attached hydrogen (secondary N) is 1. The van der Waals surface area contributed by atoms with E-state index < -0.39 is 0 Å². The molecule has 0 saturated heterocycles. The maximum Gasteiger partial charge on any atom is 0.213 e. The van der Waals surface area contributed by atoms with Crippen LogP contribution >= 0.6 is 22.9 Å². The van der Waals surface area contributed by atoms with Crippen molar-refractivity contribution in [1.29, 1.82) is 0 Å². The number of aliphatic imine (C=N–C) groups is 1. The molecule has 6 heteroatoms. The van der Waals surface area contributed by atoms with Gasteiger partial charge in [0.2, 0.25) is 5.96 Å². The van der Waals surface area contributed by atoms with E-state index in [1.165, 1.54) is 11.3 Å². The molecule has 0 aliphatic carbocycles. The molecule has 4 N–H and O–H groups in total. The van der Waals surface area contributed by atoms with Gasteiger partial charge in [0.15, 0.2) is 0 Å². The normalized spacial score (nSPS) is 11.7. The summed E-state index contributed by atoms with van der Waals surface area (Å²) in [4.78, 5) is 3.80. The molecule has 0 bridgehead atoms. The molecule has 0 saturated carbocycles. The third kappa shape index (κ3) is 2.37. The summed E-state index contributed by atoms with van der Waals surface area (Å²) in [7, 11) is 0. The monoisotopic (exact) mass is 205 g/mol. The van der Waals surface area contributed by atoms with Crippen molar-refractivity contribution in [3.05, 3.63) is 21.3 Å². The first kappa shape index (κ1) is 9.31. The third-order valence-corrected chi connectivity index (χ3v) is 2.48. The van der Waals surface area contributed by atoms with Crippen molar-refractivity contribution in [3.63, 3.8) is 0 Å². The SMILES string of the molecule is NC(=NCc1ccsc1Cl)NO. The van der Waals surface area contributed by atoms with Gasteiger partial charge >= 0.3 is 0 Å². The lowest BCUT2D eigenvalue weighted by molar-refractivity contribution is 0.232. The Bertz CT molecular complexity index is 286. The van der Waals surface area contributed by atoms with Crippen LogP contribution in [0.15, 0.2) is 16.4 Å². The summed E-state index contributed by atoms with van der Waals surface area (Å²) in [5.41, 5.74) is 7.83. The molecule has 0 spiro atoms. The van der Waals surface area contributed by atoms with Crippen LogP contribution in [0.1, 0.15) is 5.56 Å². The quantitative estimate of drug-likeness (QED) is 0.386. The Morgan fingerprint density at radius 3 is 3.08 bits per heavy atom. The summed E-state index contributed by atoms with van der Waals surface area (Å²) in [6, 6.07) is 1.86. The van der Waals surface area contributed by atoms with E-state index in [4.69, 9.17) is 22.5 Å². The van der Waals surface area contributed by atoms with Crippen molar-refractivity contribution in [2.24, 2.45) is 10.7 Å². The highest BCUT2D eigenvalue weighted by Gasteiger charge is 1.99. The lowest BCUT2D eigenvalue weighted by Crippen LogP contribution is -2.28. The zero-order valence-corrected chi connectivity index (χ0v) is 7.69. The average molecular weight is 206 g/mol. The predicted octanol–water partition coefficient (Wildman–Crippen LogP) is 1.19. The van der Waals surface area contributed by atoms with Crippen molar-refractivity contribution in [1.82, 2.24) is 5.48 Å². The number of rotatable bonds is 2. The Hall–Kier alpha value is -0.780. The van der Waals surface area contributed by atoms with Gasteiger partial charge in [0.1, 0.15) is 0 Å². The molecule has 0 aliphatic rings. The fourth-order valence-electron chi connectivity index (χ4n) is 0.638. The molecule has 0 radical (unpaired) electrons. The standard InChI is InChI=1S/C6H8ClN3OS/c7-5-4(1-2-12-5)3-9-6(8)10-11/h1-2,11H,3H2,(H3,8,9,10). The van der Waals surface area contributed by atoms with Gasteiger partial charge in [0.05, 0.1) is 10.9 Å². The van der Waals surface area contributed by atoms with Gasteiger partial charge in [-0.05, 0) is 11.4 Å². The number of nitrogens with zero attached hydrogens (tertiary/aromatic N) is 1. The Balaban J connectivity index is 2.59. The van der Waals surface area contributed by atoms with Crippen molar-refractivity contribution in [2.75, 3.05) is 0 Å². The predicted molar refractivity (Wildman–Crippen MR) is 49.6 cm³/mol. The lowest BCUT2D eigenvalue weighted by Gasteiger charge is -1.96. The molecular formula is C6H8ClN3OS. The summed E-state index contributed by atoms with van der Waals surface area (Å²) in [6.45, 7) is 0.377. The summed E-state index contributed by atoms with van der Waals surface area (Å²) < 4.78 is 0.699. The first-order chi connectivity index (χ1) is 5.74. The zero-order valence-electron chi connectivity index (χ0n) is 6.12. The second-order valence-electron chi connectivity index (χ2n) is 2.03. The van der Waals surface area contributed by atoms with Gasteiger partial charge in [-0.3, -0.25) is 5.21 Å². The van der Waals surface area contributed by atoms with E-state index in [1.54, 1.807) is 5.48 Å².